The number of rotatable bonds is 5. The van der Waals surface area contributed by atoms with Gasteiger partial charge in [-0.05, 0) is 31.4 Å². The van der Waals surface area contributed by atoms with E-state index in [-0.39, 0.29) is 11.3 Å². The summed E-state index contributed by atoms with van der Waals surface area (Å²) in [7, 11) is 0. The van der Waals surface area contributed by atoms with Crippen LogP contribution in [0.15, 0.2) is 84.4 Å². The van der Waals surface area contributed by atoms with Crippen LogP contribution in [0.5, 0.6) is 0 Å². The Hall–Kier alpha value is -3.66. The van der Waals surface area contributed by atoms with Gasteiger partial charge in [0.2, 0.25) is 0 Å². The Labute approximate surface area is 182 Å². The summed E-state index contributed by atoms with van der Waals surface area (Å²) >= 11 is 0. The summed E-state index contributed by atoms with van der Waals surface area (Å²) in [5.41, 5.74) is 4.71. The molecule has 4 nitrogen and oxygen atoms in total. The summed E-state index contributed by atoms with van der Waals surface area (Å²) in [5.74, 6) is -1.35. The largest absolute Gasteiger partial charge is 0.507 e. The number of aryl methyl sites for hydroxylation is 2. The summed E-state index contributed by atoms with van der Waals surface area (Å²) in [5, 5.41) is 11.1. The first-order valence-corrected chi connectivity index (χ1v) is 10.4. The summed E-state index contributed by atoms with van der Waals surface area (Å²) < 4.78 is 0. The van der Waals surface area contributed by atoms with Crippen LogP contribution in [0, 0.1) is 13.8 Å². The third-order valence-electron chi connectivity index (χ3n) is 5.74. The molecule has 3 aromatic carbocycles. The van der Waals surface area contributed by atoms with Gasteiger partial charge in [-0.1, -0.05) is 90.0 Å². The van der Waals surface area contributed by atoms with Crippen molar-refractivity contribution in [3.05, 3.63) is 112 Å². The van der Waals surface area contributed by atoms with Gasteiger partial charge >= 0.3 is 0 Å². The molecule has 1 saturated heterocycles. The highest BCUT2D eigenvalue weighted by atomic mass is 16.3. The molecule has 1 atom stereocenters. The molecule has 1 N–H and O–H groups in total. The normalized spacial score (nSPS) is 17.9. The quantitative estimate of drug-likeness (QED) is 0.366. The maximum absolute atomic E-state index is 13.1. The van der Waals surface area contributed by atoms with Gasteiger partial charge in [-0.25, -0.2) is 0 Å². The summed E-state index contributed by atoms with van der Waals surface area (Å²) in [4.78, 5) is 27.6. The lowest BCUT2D eigenvalue weighted by Gasteiger charge is -2.25. The number of hydrogen-bond acceptors (Lipinski definition) is 3. The highest BCUT2D eigenvalue weighted by molar-refractivity contribution is 6.46. The molecule has 31 heavy (non-hydrogen) atoms. The molecule has 1 heterocycles. The second kappa shape index (κ2) is 8.60. The van der Waals surface area contributed by atoms with Crippen LogP contribution in [0.4, 0.5) is 0 Å². The average molecular weight is 412 g/mol. The fourth-order valence-electron chi connectivity index (χ4n) is 3.97. The second-order valence-corrected chi connectivity index (χ2v) is 8.00. The van der Waals surface area contributed by atoms with Crippen molar-refractivity contribution >= 4 is 17.4 Å². The summed E-state index contributed by atoms with van der Waals surface area (Å²) in [6.07, 6.45) is 0.626. The molecule has 1 fully saturated rings. The summed E-state index contributed by atoms with van der Waals surface area (Å²) in [6.45, 7) is 4.33. The highest BCUT2D eigenvalue weighted by Crippen LogP contribution is 2.39. The molecule has 156 valence electrons. The predicted octanol–water partition coefficient (Wildman–Crippen LogP) is 4.97. The lowest BCUT2D eigenvalue weighted by molar-refractivity contribution is -0.139. The number of carbonyl (C=O) groups excluding carboxylic acids is 2. The molecular formula is C27H25NO3. The van der Waals surface area contributed by atoms with Gasteiger partial charge in [-0.15, -0.1) is 0 Å². The smallest absolute Gasteiger partial charge is 0.295 e. The van der Waals surface area contributed by atoms with Gasteiger partial charge in [0.05, 0.1) is 11.6 Å². The molecule has 0 bridgehead atoms. The van der Waals surface area contributed by atoms with Crippen molar-refractivity contribution in [3.63, 3.8) is 0 Å². The Kier molecular flexibility index (Phi) is 5.72. The van der Waals surface area contributed by atoms with Crippen molar-refractivity contribution in [2.45, 2.75) is 26.3 Å². The molecule has 0 spiro atoms. The minimum absolute atomic E-state index is 0.133. The van der Waals surface area contributed by atoms with E-state index in [1.165, 1.54) is 0 Å². The fourth-order valence-corrected chi connectivity index (χ4v) is 3.97. The van der Waals surface area contributed by atoms with Crippen LogP contribution in [0.1, 0.15) is 33.9 Å². The SMILES string of the molecule is Cc1ccc(/C(O)=C2\C(=O)C(=O)N(CCc3ccccc3)C2c2ccc(C)cc2)cc1. The van der Waals surface area contributed by atoms with Crippen LogP contribution in [-0.4, -0.2) is 28.2 Å². The zero-order valence-corrected chi connectivity index (χ0v) is 17.7. The van der Waals surface area contributed by atoms with Crippen LogP contribution >= 0.6 is 0 Å². The molecule has 3 aromatic rings. The molecular weight excluding hydrogens is 386 g/mol. The summed E-state index contributed by atoms with van der Waals surface area (Å²) in [6, 6.07) is 24.3. The number of hydrogen-bond donors (Lipinski definition) is 1. The van der Waals surface area contributed by atoms with Gasteiger partial charge in [-0.3, -0.25) is 9.59 Å². The van der Waals surface area contributed by atoms with Crippen LogP contribution in [0.2, 0.25) is 0 Å². The lowest BCUT2D eigenvalue weighted by Crippen LogP contribution is -2.31. The number of ketones is 1. The van der Waals surface area contributed by atoms with Gasteiger partial charge in [-0.2, -0.15) is 0 Å². The Bertz CT molecular complexity index is 1130. The van der Waals surface area contributed by atoms with E-state index in [0.717, 1.165) is 22.3 Å². The maximum atomic E-state index is 13.1. The number of likely N-dealkylation sites (tertiary alicyclic amines) is 1. The second-order valence-electron chi connectivity index (χ2n) is 8.00. The van der Waals surface area contributed by atoms with E-state index in [9.17, 15) is 14.7 Å². The Morgan fingerprint density at radius 1 is 0.839 bits per heavy atom. The van der Waals surface area contributed by atoms with E-state index >= 15 is 0 Å². The minimum atomic E-state index is -0.642. The molecule has 1 unspecified atom stereocenters. The van der Waals surface area contributed by atoms with Crippen LogP contribution < -0.4 is 0 Å². The topological polar surface area (TPSA) is 57.6 Å². The van der Waals surface area contributed by atoms with Crippen molar-refractivity contribution in [1.29, 1.82) is 0 Å². The van der Waals surface area contributed by atoms with E-state index in [4.69, 9.17) is 0 Å². The van der Waals surface area contributed by atoms with E-state index in [0.29, 0.717) is 18.5 Å². The van der Waals surface area contributed by atoms with Gasteiger partial charge in [0.1, 0.15) is 5.76 Å². The minimum Gasteiger partial charge on any atom is -0.507 e. The van der Waals surface area contributed by atoms with E-state index in [2.05, 4.69) is 0 Å². The number of benzene rings is 3. The number of Topliss-reactive ketones (excluding diaryl/α,β-unsaturated/α-hetero) is 1. The molecule has 0 saturated carbocycles. The third-order valence-corrected chi connectivity index (χ3v) is 5.74. The van der Waals surface area contributed by atoms with Crippen molar-refractivity contribution in [1.82, 2.24) is 4.90 Å². The molecule has 0 aromatic heterocycles. The highest BCUT2D eigenvalue weighted by Gasteiger charge is 2.45. The number of nitrogens with zero attached hydrogens (tertiary/aromatic N) is 1. The molecule has 4 rings (SSSR count). The van der Waals surface area contributed by atoms with E-state index in [1.54, 1.807) is 17.0 Å². The molecule has 1 aliphatic rings. The van der Waals surface area contributed by atoms with E-state index < -0.39 is 17.7 Å². The van der Waals surface area contributed by atoms with Crippen LogP contribution in [-0.2, 0) is 16.0 Å². The first-order valence-electron chi connectivity index (χ1n) is 10.4. The molecule has 4 heteroatoms. The molecule has 0 aliphatic carbocycles. The molecule has 1 aliphatic heterocycles. The number of amides is 1. The predicted molar refractivity (Wildman–Crippen MR) is 122 cm³/mol. The monoisotopic (exact) mass is 411 g/mol. The van der Waals surface area contributed by atoms with Gasteiger partial charge < -0.3 is 10.0 Å². The standard InChI is InChI=1S/C27H25NO3/c1-18-8-12-21(13-9-18)24-23(25(29)22-14-10-19(2)11-15-22)26(30)27(31)28(24)17-16-20-6-4-3-5-7-20/h3-15,24,29H,16-17H2,1-2H3/b25-23+. The number of aliphatic hydroxyl groups is 1. The van der Waals surface area contributed by atoms with Gasteiger partial charge in [0, 0.05) is 12.1 Å². The third kappa shape index (κ3) is 4.15. The van der Waals surface area contributed by atoms with Crippen molar-refractivity contribution in [2.75, 3.05) is 6.54 Å². The Morgan fingerprint density at radius 3 is 2.03 bits per heavy atom. The molecule has 1 amide bonds. The molecule has 0 radical (unpaired) electrons. The lowest BCUT2D eigenvalue weighted by atomic mass is 9.94. The Morgan fingerprint density at radius 2 is 1.42 bits per heavy atom. The number of aliphatic hydroxyl groups excluding tert-OH is 1. The van der Waals surface area contributed by atoms with E-state index in [1.807, 2.05) is 80.6 Å². The van der Waals surface area contributed by atoms with Gasteiger partial charge in [0.25, 0.3) is 11.7 Å². The van der Waals surface area contributed by atoms with Gasteiger partial charge in [0.15, 0.2) is 0 Å². The first kappa shape index (κ1) is 20.6. The van der Waals surface area contributed by atoms with Crippen LogP contribution in [0.3, 0.4) is 0 Å². The van der Waals surface area contributed by atoms with Crippen molar-refractivity contribution in [3.8, 4) is 0 Å². The Balaban J connectivity index is 1.78. The van der Waals surface area contributed by atoms with Crippen molar-refractivity contribution < 1.29 is 14.7 Å². The maximum Gasteiger partial charge on any atom is 0.295 e. The van der Waals surface area contributed by atoms with Crippen molar-refractivity contribution in [2.24, 2.45) is 0 Å². The zero-order valence-electron chi connectivity index (χ0n) is 17.7. The first-order chi connectivity index (χ1) is 15.0. The number of carbonyl (C=O) groups is 2. The fraction of sp³-hybridized carbons (Fsp3) is 0.185. The average Bonchev–Trinajstić information content (AvgIpc) is 3.04. The zero-order chi connectivity index (χ0) is 22.0. The van der Waals surface area contributed by atoms with Crippen LogP contribution in [0.25, 0.3) is 5.76 Å².